The maximum atomic E-state index is 13.1. The van der Waals surface area contributed by atoms with Crippen molar-refractivity contribution in [3.05, 3.63) is 71.5 Å². The summed E-state index contributed by atoms with van der Waals surface area (Å²) in [6.45, 7) is 0. The molecule has 166 valence electrons. The van der Waals surface area contributed by atoms with Gasteiger partial charge in [0, 0.05) is 39.0 Å². The fraction of sp³-hybridized carbons (Fsp3) is 0.0833. The molecule has 0 unspecified atom stereocenters. The van der Waals surface area contributed by atoms with Crippen LogP contribution in [0.15, 0.2) is 86.2 Å². The van der Waals surface area contributed by atoms with Crippen LogP contribution >= 0.6 is 27.7 Å². The normalized spacial score (nSPS) is 13.7. The van der Waals surface area contributed by atoms with Crippen LogP contribution in [0.5, 0.6) is 0 Å². The summed E-state index contributed by atoms with van der Waals surface area (Å²) >= 11 is 4.90. The number of anilines is 1. The minimum atomic E-state index is -0.0868. The van der Waals surface area contributed by atoms with Crippen LogP contribution in [0.25, 0.3) is 33.3 Å². The number of benzene rings is 2. The molecule has 1 amide bonds. The van der Waals surface area contributed by atoms with Gasteiger partial charge in [0.15, 0.2) is 0 Å². The van der Waals surface area contributed by atoms with E-state index in [0.717, 1.165) is 43.2 Å². The number of carbonyl (C=O) groups is 1. The standard InChI is InChI=1S/C24H15BrN6O2S/c25-15-5-6-20-18(11-15)22(17-3-1-2-4-19(17)27-20)31-21(32)12-16(30-31)13-34-24-29-28-23(33-24)14-7-9-26-10-8-14/h1-11H,12-13H2. The molecule has 5 aromatic rings. The molecule has 0 spiro atoms. The van der Waals surface area contributed by atoms with Gasteiger partial charge in [-0.05, 0) is 36.4 Å². The Hall–Kier alpha value is -3.63. The summed E-state index contributed by atoms with van der Waals surface area (Å²) in [6.07, 6.45) is 3.57. The Balaban J connectivity index is 1.31. The lowest BCUT2D eigenvalue weighted by molar-refractivity contribution is -0.116. The van der Waals surface area contributed by atoms with Crippen LogP contribution in [-0.2, 0) is 4.79 Å². The maximum Gasteiger partial charge on any atom is 0.277 e. The SMILES string of the molecule is O=C1CC(CSc2nnc(-c3ccncc3)o2)=NN1c1c2ccccc2nc2ccc(Br)cc12. The third-order valence-electron chi connectivity index (χ3n) is 5.35. The summed E-state index contributed by atoms with van der Waals surface area (Å²) in [4.78, 5) is 21.8. The highest BCUT2D eigenvalue weighted by atomic mass is 79.9. The molecule has 8 nitrogen and oxygen atoms in total. The lowest BCUT2D eigenvalue weighted by atomic mass is 10.1. The first-order chi connectivity index (χ1) is 16.7. The number of hydrazone groups is 1. The largest absolute Gasteiger partial charge is 0.411 e. The van der Waals surface area contributed by atoms with Crippen molar-refractivity contribution in [3.63, 3.8) is 0 Å². The lowest BCUT2D eigenvalue weighted by Gasteiger charge is -2.17. The number of para-hydroxylation sites is 1. The third kappa shape index (κ3) is 3.84. The summed E-state index contributed by atoms with van der Waals surface area (Å²) in [5.41, 5.74) is 3.90. The quantitative estimate of drug-likeness (QED) is 0.219. The van der Waals surface area contributed by atoms with Gasteiger partial charge in [-0.25, -0.2) is 4.98 Å². The number of hydrogen-bond donors (Lipinski definition) is 0. The molecule has 2 aromatic carbocycles. The molecular formula is C24H15BrN6O2S. The average molecular weight is 531 g/mol. The van der Waals surface area contributed by atoms with Gasteiger partial charge in [-0.3, -0.25) is 9.78 Å². The van der Waals surface area contributed by atoms with Gasteiger partial charge in [0.05, 0.1) is 28.9 Å². The molecule has 0 atom stereocenters. The minimum absolute atomic E-state index is 0.0868. The molecule has 0 aliphatic carbocycles. The number of amides is 1. The highest BCUT2D eigenvalue weighted by molar-refractivity contribution is 9.10. The van der Waals surface area contributed by atoms with Crippen molar-refractivity contribution in [2.75, 3.05) is 10.8 Å². The van der Waals surface area contributed by atoms with Crippen molar-refractivity contribution in [1.82, 2.24) is 20.2 Å². The Labute approximate surface area is 206 Å². The van der Waals surface area contributed by atoms with E-state index in [1.54, 1.807) is 24.5 Å². The van der Waals surface area contributed by atoms with Gasteiger partial charge in [0.25, 0.3) is 11.1 Å². The number of pyridine rings is 2. The van der Waals surface area contributed by atoms with Crippen molar-refractivity contribution in [3.8, 4) is 11.5 Å². The second-order valence-electron chi connectivity index (χ2n) is 7.59. The van der Waals surface area contributed by atoms with Crippen LogP contribution in [0.3, 0.4) is 0 Å². The molecule has 0 fully saturated rings. The topological polar surface area (TPSA) is 97.4 Å². The molecule has 0 saturated heterocycles. The van der Waals surface area contributed by atoms with E-state index in [0.29, 0.717) is 16.9 Å². The lowest BCUT2D eigenvalue weighted by Crippen LogP contribution is -2.20. The molecule has 34 heavy (non-hydrogen) atoms. The van der Waals surface area contributed by atoms with Crippen LogP contribution in [0.1, 0.15) is 6.42 Å². The van der Waals surface area contributed by atoms with Crippen molar-refractivity contribution >= 4 is 66.8 Å². The first-order valence-electron chi connectivity index (χ1n) is 10.4. The number of hydrogen-bond acceptors (Lipinski definition) is 8. The van der Waals surface area contributed by atoms with E-state index >= 15 is 0 Å². The summed E-state index contributed by atoms with van der Waals surface area (Å²) < 4.78 is 6.65. The van der Waals surface area contributed by atoms with Crippen molar-refractivity contribution in [2.45, 2.75) is 11.6 Å². The first kappa shape index (κ1) is 20.9. The van der Waals surface area contributed by atoms with Gasteiger partial charge in [-0.2, -0.15) is 10.1 Å². The number of rotatable bonds is 5. The van der Waals surface area contributed by atoms with E-state index in [2.05, 4.69) is 36.2 Å². The van der Waals surface area contributed by atoms with Gasteiger partial charge in [-0.1, -0.05) is 45.9 Å². The Bertz CT molecular complexity index is 1590. The Morgan fingerprint density at radius 2 is 1.82 bits per heavy atom. The predicted octanol–water partition coefficient (Wildman–Crippen LogP) is 5.48. The van der Waals surface area contributed by atoms with E-state index in [9.17, 15) is 4.79 Å². The zero-order valence-corrected chi connectivity index (χ0v) is 20.0. The molecule has 0 radical (unpaired) electrons. The molecular weight excluding hydrogens is 516 g/mol. The zero-order chi connectivity index (χ0) is 23.1. The highest BCUT2D eigenvalue weighted by Crippen LogP contribution is 2.37. The molecule has 1 aliphatic heterocycles. The van der Waals surface area contributed by atoms with E-state index in [1.165, 1.54) is 16.8 Å². The number of halogens is 1. The number of aromatic nitrogens is 4. The molecule has 3 aromatic heterocycles. The highest BCUT2D eigenvalue weighted by Gasteiger charge is 2.29. The Morgan fingerprint density at radius 3 is 2.71 bits per heavy atom. The fourth-order valence-electron chi connectivity index (χ4n) is 3.83. The van der Waals surface area contributed by atoms with Gasteiger partial charge in [0.1, 0.15) is 0 Å². The van der Waals surface area contributed by atoms with Crippen molar-refractivity contribution in [1.29, 1.82) is 0 Å². The van der Waals surface area contributed by atoms with Crippen LogP contribution < -0.4 is 5.01 Å². The zero-order valence-electron chi connectivity index (χ0n) is 17.6. The van der Waals surface area contributed by atoms with Crippen molar-refractivity contribution in [2.24, 2.45) is 5.10 Å². The van der Waals surface area contributed by atoms with E-state index in [1.807, 2.05) is 42.5 Å². The molecule has 1 aliphatic rings. The second-order valence-corrected chi connectivity index (χ2v) is 9.43. The van der Waals surface area contributed by atoms with Crippen LogP contribution in [0.4, 0.5) is 5.69 Å². The molecule has 0 bridgehead atoms. The maximum absolute atomic E-state index is 13.1. The van der Waals surface area contributed by atoms with Gasteiger partial charge >= 0.3 is 0 Å². The monoisotopic (exact) mass is 530 g/mol. The Kier molecular flexibility index (Phi) is 5.31. The van der Waals surface area contributed by atoms with E-state index in [4.69, 9.17) is 9.40 Å². The van der Waals surface area contributed by atoms with E-state index in [-0.39, 0.29) is 12.3 Å². The third-order valence-corrected chi connectivity index (χ3v) is 6.74. The molecule has 0 saturated carbocycles. The Morgan fingerprint density at radius 1 is 1.00 bits per heavy atom. The second kappa shape index (κ2) is 8.62. The number of carbonyl (C=O) groups excluding carboxylic acids is 1. The summed E-state index contributed by atoms with van der Waals surface area (Å²) in [5, 5.41) is 16.5. The van der Waals surface area contributed by atoms with Crippen molar-refractivity contribution < 1.29 is 9.21 Å². The van der Waals surface area contributed by atoms with Crippen LogP contribution in [0, 0.1) is 0 Å². The van der Waals surface area contributed by atoms with Gasteiger partial charge in [-0.15, -0.1) is 10.2 Å². The van der Waals surface area contributed by atoms with Gasteiger partial charge in [0.2, 0.25) is 5.89 Å². The van der Waals surface area contributed by atoms with E-state index < -0.39 is 0 Å². The van der Waals surface area contributed by atoms with Gasteiger partial charge < -0.3 is 4.42 Å². The number of thioether (sulfide) groups is 1. The average Bonchev–Trinajstić information content (AvgIpc) is 3.48. The molecule has 6 rings (SSSR count). The summed E-state index contributed by atoms with van der Waals surface area (Å²) in [5.74, 6) is 0.803. The molecule has 0 N–H and O–H groups in total. The molecule has 4 heterocycles. The number of fused-ring (bicyclic) bond motifs is 2. The van der Waals surface area contributed by atoms with Crippen LogP contribution in [-0.4, -0.2) is 37.5 Å². The summed E-state index contributed by atoms with van der Waals surface area (Å²) in [6, 6.07) is 17.2. The predicted molar refractivity (Wildman–Crippen MR) is 135 cm³/mol. The minimum Gasteiger partial charge on any atom is -0.411 e. The summed E-state index contributed by atoms with van der Waals surface area (Å²) in [7, 11) is 0. The fourth-order valence-corrected chi connectivity index (χ4v) is 4.88. The smallest absolute Gasteiger partial charge is 0.277 e. The van der Waals surface area contributed by atoms with Crippen LogP contribution in [0.2, 0.25) is 0 Å². The first-order valence-corrected chi connectivity index (χ1v) is 12.2. The number of nitrogens with zero attached hydrogens (tertiary/aromatic N) is 6. The molecule has 10 heteroatoms.